The minimum atomic E-state index is -0.0509. The van der Waals surface area contributed by atoms with Crippen molar-refractivity contribution in [2.45, 2.75) is 24.5 Å². The van der Waals surface area contributed by atoms with Crippen LogP contribution in [0.5, 0.6) is 0 Å². The minimum absolute atomic E-state index is 0.0509. The number of benzene rings is 2. The van der Waals surface area contributed by atoms with Gasteiger partial charge in [0.25, 0.3) is 0 Å². The number of hydrazine groups is 1. The van der Waals surface area contributed by atoms with Gasteiger partial charge in [-0.25, -0.2) is 10.9 Å². The van der Waals surface area contributed by atoms with Crippen LogP contribution in [0, 0.1) is 5.92 Å². The van der Waals surface area contributed by atoms with Crippen LogP contribution in [0.3, 0.4) is 0 Å². The van der Waals surface area contributed by atoms with E-state index in [-0.39, 0.29) is 30.0 Å². The summed E-state index contributed by atoms with van der Waals surface area (Å²) in [7, 11) is 4.07. The third kappa shape index (κ3) is 3.01. The minimum Gasteiger partial charge on any atom is -0.378 e. The fourth-order valence-electron chi connectivity index (χ4n) is 4.06. The molecule has 0 saturated carbocycles. The van der Waals surface area contributed by atoms with Crippen molar-refractivity contribution in [2.24, 2.45) is 5.92 Å². The van der Waals surface area contributed by atoms with E-state index in [1.54, 1.807) is 0 Å². The molecule has 4 unspecified atom stereocenters. The van der Waals surface area contributed by atoms with Gasteiger partial charge in [-0.3, -0.25) is 4.79 Å². The van der Waals surface area contributed by atoms with Crippen LogP contribution >= 0.6 is 0 Å². The summed E-state index contributed by atoms with van der Waals surface area (Å²) in [4.78, 5) is 14.3. The quantitative estimate of drug-likeness (QED) is 0.804. The van der Waals surface area contributed by atoms with Gasteiger partial charge in [-0.05, 0) is 23.3 Å². The van der Waals surface area contributed by atoms with Crippen molar-refractivity contribution < 1.29 is 4.79 Å². The first-order valence-corrected chi connectivity index (χ1v) is 8.76. The van der Waals surface area contributed by atoms with Crippen molar-refractivity contribution in [3.63, 3.8) is 0 Å². The van der Waals surface area contributed by atoms with Gasteiger partial charge >= 0.3 is 0 Å². The van der Waals surface area contributed by atoms with E-state index in [1.165, 1.54) is 16.8 Å². The van der Waals surface area contributed by atoms with E-state index in [0.29, 0.717) is 6.42 Å². The van der Waals surface area contributed by atoms with Crippen LogP contribution in [-0.4, -0.2) is 26.2 Å². The molecule has 1 amide bonds. The van der Waals surface area contributed by atoms with E-state index in [4.69, 9.17) is 0 Å². The molecule has 3 N–H and O–H groups in total. The maximum atomic E-state index is 12.2. The molecule has 0 bridgehead atoms. The molecule has 2 fully saturated rings. The van der Waals surface area contributed by atoms with Gasteiger partial charge in [-0.2, -0.15) is 0 Å². The molecule has 25 heavy (non-hydrogen) atoms. The SMILES string of the molecule is CN(C)c1ccc(C2CC(=O)NC3NNC(c4ccccc4)C32)cc1. The zero-order chi connectivity index (χ0) is 17.4. The van der Waals surface area contributed by atoms with E-state index in [1.807, 2.05) is 20.2 Å². The summed E-state index contributed by atoms with van der Waals surface area (Å²) in [5, 5.41) is 3.09. The molecule has 5 heteroatoms. The summed E-state index contributed by atoms with van der Waals surface area (Å²) < 4.78 is 0. The van der Waals surface area contributed by atoms with Crippen LogP contribution < -0.4 is 21.1 Å². The molecule has 2 aliphatic heterocycles. The summed E-state index contributed by atoms with van der Waals surface area (Å²) in [6, 6.07) is 19.2. The molecule has 2 heterocycles. The average Bonchev–Trinajstić information content (AvgIpc) is 3.05. The van der Waals surface area contributed by atoms with Crippen molar-refractivity contribution in [3.8, 4) is 0 Å². The molecule has 4 rings (SSSR count). The lowest BCUT2D eigenvalue weighted by Gasteiger charge is -2.36. The van der Waals surface area contributed by atoms with Crippen LogP contribution in [0.2, 0.25) is 0 Å². The normalized spacial score (nSPS) is 28.3. The zero-order valence-electron chi connectivity index (χ0n) is 14.6. The maximum Gasteiger partial charge on any atom is 0.221 e. The summed E-state index contributed by atoms with van der Waals surface area (Å²) >= 11 is 0. The van der Waals surface area contributed by atoms with Gasteiger partial charge in [0, 0.05) is 38.0 Å². The predicted molar refractivity (Wildman–Crippen MR) is 99.0 cm³/mol. The van der Waals surface area contributed by atoms with Gasteiger partial charge in [0.15, 0.2) is 0 Å². The van der Waals surface area contributed by atoms with Crippen LogP contribution in [0.1, 0.15) is 29.5 Å². The Kier molecular flexibility index (Phi) is 4.19. The molecular weight excluding hydrogens is 312 g/mol. The number of hydrogen-bond acceptors (Lipinski definition) is 4. The number of piperidine rings is 1. The first kappa shape index (κ1) is 16.1. The fraction of sp³-hybridized carbons (Fsp3) is 0.350. The molecular formula is C20H24N4O. The highest BCUT2D eigenvalue weighted by molar-refractivity contribution is 5.78. The molecule has 2 aromatic carbocycles. The fourth-order valence-corrected chi connectivity index (χ4v) is 4.06. The third-order valence-electron chi connectivity index (χ3n) is 5.35. The Morgan fingerprint density at radius 3 is 2.32 bits per heavy atom. The molecule has 5 nitrogen and oxygen atoms in total. The molecule has 0 aliphatic carbocycles. The number of rotatable bonds is 3. The topological polar surface area (TPSA) is 56.4 Å². The first-order chi connectivity index (χ1) is 12.1. The third-order valence-corrected chi connectivity index (χ3v) is 5.35. The number of nitrogens with one attached hydrogen (secondary N) is 3. The largest absolute Gasteiger partial charge is 0.378 e. The Balaban J connectivity index is 1.68. The molecule has 4 atom stereocenters. The molecule has 2 aliphatic rings. The summed E-state index contributed by atoms with van der Waals surface area (Å²) in [5.74, 6) is 0.555. The average molecular weight is 336 g/mol. The molecule has 0 radical (unpaired) electrons. The van der Waals surface area contributed by atoms with Gasteiger partial charge < -0.3 is 10.2 Å². The molecule has 130 valence electrons. The van der Waals surface area contributed by atoms with Gasteiger partial charge in [0.2, 0.25) is 5.91 Å². The molecule has 0 aromatic heterocycles. The van der Waals surface area contributed by atoms with Crippen molar-refractivity contribution in [3.05, 3.63) is 65.7 Å². The number of hydrogen-bond donors (Lipinski definition) is 3. The van der Waals surface area contributed by atoms with Crippen molar-refractivity contribution in [1.82, 2.24) is 16.2 Å². The smallest absolute Gasteiger partial charge is 0.221 e. The number of carbonyl (C=O) groups excluding carboxylic acids is 1. The van der Waals surface area contributed by atoms with Gasteiger partial charge in [-0.15, -0.1) is 0 Å². The van der Waals surface area contributed by atoms with Crippen LogP contribution in [-0.2, 0) is 4.79 Å². The molecule has 2 aromatic rings. The maximum absolute atomic E-state index is 12.2. The standard InChI is InChI=1S/C20H24N4O/c1-24(2)15-10-8-13(9-11-15)16-12-17(25)21-20-18(16)19(22-23-20)14-6-4-3-5-7-14/h3-11,16,18-20,22-23H,12H2,1-2H3,(H,21,25). The first-order valence-electron chi connectivity index (χ1n) is 8.76. The Morgan fingerprint density at radius 1 is 0.920 bits per heavy atom. The highest BCUT2D eigenvalue weighted by atomic mass is 16.2. The second-order valence-corrected chi connectivity index (χ2v) is 7.10. The number of amides is 1. The Bertz CT molecular complexity index is 744. The second-order valence-electron chi connectivity index (χ2n) is 7.10. The highest BCUT2D eigenvalue weighted by Gasteiger charge is 2.46. The van der Waals surface area contributed by atoms with E-state index < -0.39 is 0 Å². The van der Waals surface area contributed by atoms with E-state index >= 15 is 0 Å². The van der Waals surface area contributed by atoms with E-state index in [9.17, 15) is 4.79 Å². The monoisotopic (exact) mass is 336 g/mol. The van der Waals surface area contributed by atoms with Crippen molar-refractivity contribution in [2.75, 3.05) is 19.0 Å². The van der Waals surface area contributed by atoms with Crippen LogP contribution in [0.15, 0.2) is 54.6 Å². The number of fused-ring (bicyclic) bond motifs is 1. The molecule has 0 spiro atoms. The Hall–Kier alpha value is -2.37. The van der Waals surface area contributed by atoms with Crippen LogP contribution in [0.25, 0.3) is 0 Å². The summed E-state index contributed by atoms with van der Waals surface area (Å²) in [5.41, 5.74) is 10.3. The lowest BCUT2D eigenvalue weighted by Crippen LogP contribution is -2.52. The van der Waals surface area contributed by atoms with Gasteiger partial charge in [0.05, 0.1) is 12.2 Å². The van der Waals surface area contributed by atoms with Crippen LogP contribution in [0.4, 0.5) is 5.69 Å². The number of carbonyl (C=O) groups is 1. The highest BCUT2D eigenvalue weighted by Crippen LogP contribution is 2.43. The Labute approximate surface area is 148 Å². The Morgan fingerprint density at radius 2 is 1.64 bits per heavy atom. The zero-order valence-corrected chi connectivity index (χ0v) is 14.6. The second kappa shape index (κ2) is 6.50. The van der Waals surface area contributed by atoms with Crippen molar-refractivity contribution in [1.29, 1.82) is 0 Å². The summed E-state index contributed by atoms with van der Waals surface area (Å²) in [6.45, 7) is 0. The number of anilines is 1. The van der Waals surface area contributed by atoms with E-state index in [2.05, 4.69) is 69.6 Å². The lowest BCUT2D eigenvalue weighted by atomic mass is 9.74. The van der Waals surface area contributed by atoms with E-state index in [0.717, 1.165) is 0 Å². The predicted octanol–water partition coefficient (Wildman–Crippen LogP) is 2.15. The lowest BCUT2D eigenvalue weighted by molar-refractivity contribution is -0.125. The van der Waals surface area contributed by atoms with Gasteiger partial charge in [-0.1, -0.05) is 42.5 Å². The van der Waals surface area contributed by atoms with Gasteiger partial charge in [0.1, 0.15) is 0 Å². The summed E-state index contributed by atoms with van der Waals surface area (Å²) in [6.07, 6.45) is 0.472. The molecule has 2 saturated heterocycles. The number of nitrogens with zero attached hydrogens (tertiary/aromatic N) is 1. The van der Waals surface area contributed by atoms with Crippen molar-refractivity contribution >= 4 is 11.6 Å².